The molecule has 3 unspecified atom stereocenters. The molecule has 0 radical (unpaired) electrons. The van der Waals surface area contributed by atoms with Crippen molar-refractivity contribution in [3.8, 4) is 11.1 Å². The van der Waals surface area contributed by atoms with E-state index in [2.05, 4.69) is 29.6 Å². The number of nitrogens with one attached hydrogen (secondary N) is 1. The van der Waals surface area contributed by atoms with Crippen molar-refractivity contribution < 1.29 is 29.0 Å². The third-order valence-electron chi connectivity index (χ3n) is 7.39. The molecular weight excluding hydrogens is 448 g/mol. The first kappa shape index (κ1) is 23.4. The largest absolute Gasteiger partial charge is 0.480 e. The van der Waals surface area contributed by atoms with Gasteiger partial charge in [-0.1, -0.05) is 62.4 Å². The molecule has 8 nitrogen and oxygen atoms in total. The maximum atomic E-state index is 12.8. The first-order chi connectivity index (χ1) is 16.8. The van der Waals surface area contributed by atoms with Gasteiger partial charge in [0, 0.05) is 24.4 Å². The van der Waals surface area contributed by atoms with E-state index in [4.69, 9.17) is 9.47 Å². The Morgan fingerprint density at radius 1 is 1.09 bits per heavy atom. The van der Waals surface area contributed by atoms with Crippen molar-refractivity contribution in [1.82, 2.24) is 10.2 Å². The van der Waals surface area contributed by atoms with Gasteiger partial charge in [0.2, 0.25) is 5.91 Å². The number of hydrogen-bond acceptors (Lipinski definition) is 5. The van der Waals surface area contributed by atoms with E-state index in [0.717, 1.165) is 11.1 Å². The molecule has 2 heterocycles. The highest BCUT2D eigenvalue weighted by Crippen LogP contribution is 2.44. The predicted octanol–water partition coefficient (Wildman–Crippen LogP) is 3.25. The minimum absolute atomic E-state index is 0.0131. The lowest BCUT2D eigenvalue weighted by Gasteiger charge is -2.52. The molecule has 2 aromatic carbocycles. The Balaban J connectivity index is 1.11. The van der Waals surface area contributed by atoms with E-state index in [1.807, 2.05) is 38.1 Å². The quantitative estimate of drug-likeness (QED) is 0.660. The molecule has 1 aliphatic carbocycles. The number of likely N-dealkylation sites (tertiary alicyclic amines) is 1. The van der Waals surface area contributed by atoms with E-state index in [-0.39, 0.29) is 37.7 Å². The monoisotopic (exact) mass is 478 g/mol. The number of nitrogens with zero attached hydrogens (tertiary/aromatic N) is 1. The Kier molecular flexibility index (Phi) is 6.01. The van der Waals surface area contributed by atoms with Crippen LogP contribution in [0.1, 0.15) is 37.3 Å². The molecule has 35 heavy (non-hydrogen) atoms. The number of carboxylic acids is 1. The fourth-order valence-corrected chi connectivity index (χ4v) is 5.70. The molecule has 0 bridgehead atoms. The summed E-state index contributed by atoms with van der Waals surface area (Å²) >= 11 is 0. The molecular formula is C27H30N2O6. The molecule has 2 N–H and O–H groups in total. The lowest BCUT2D eigenvalue weighted by molar-refractivity contribution is -0.174. The second kappa shape index (κ2) is 9.00. The summed E-state index contributed by atoms with van der Waals surface area (Å²) in [6.45, 7) is 4.80. The summed E-state index contributed by atoms with van der Waals surface area (Å²) in [5, 5.41) is 12.2. The minimum Gasteiger partial charge on any atom is -0.480 e. The normalized spacial score (nSPS) is 24.3. The summed E-state index contributed by atoms with van der Waals surface area (Å²) in [5.74, 6) is -1.59. The third-order valence-corrected chi connectivity index (χ3v) is 7.39. The van der Waals surface area contributed by atoms with Crippen LogP contribution in [0.5, 0.6) is 0 Å². The number of carbonyl (C=O) groups is 3. The number of benzene rings is 2. The van der Waals surface area contributed by atoms with Crippen molar-refractivity contribution in [1.29, 1.82) is 0 Å². The Hall–Kier alpha value is -3.39. The van der Waals surface area contributed by atoms with Gasteiger partial charge in [0.05, 0.1) is 18.6 Å². The number of fused-ring (bicyclic) bond motifs is 3. The van der Waals surface area contributed by atoms with Crippen LogP contribution in [0.4, 0.5) is 4.79 Å². The summed E-state index contributed by atoms with van der Waals surface area (Å²) < 4.78 is 11.3. The maximum absolute atomic E-state index is 12.8. The van der Waals surface area contributed by atoms with Gasteiger partial charge in [-0.3, -0.25) is 4.79 Å². The van der Waals surface area contributed by atoms with E-state index in [1.165, 1.54) is 16.0 Å². The first-order valence-electron chi connectivity index (χ1n) is 12.0. The van der Waals surface area contributed by atoms with Crippen LogP contribution in [-0.4, -0.2) is 66.4 Å². The summed E-state index contributed by atoms with van der Waals surface area (Å²) in [7, 11) is 0. The topological polar surface area (TPSA) is 105 Å². The average molecular weight is 479 g/mol. The number of carboxylic acid groups (broad SMARTS) is 1. The number of amides is 2. The van der Waals surface area contributed by atoms with Crippen molar-refractivity contribution in [2.24, 2.45) is 11.3 Å². The van der Waals surface area contributed by atoms with Crippen LogP contribution < -0.4 is 5.32 Å². The second-order valence-electron chi connectivity index (χ2n) is 10.3. The zero-order chi connectivity index (χ0) is 24.7. The van der Waals surface area contributed by atoms with Gasteiger partial charge in [0.15, 0.2) is 0 Å². The Morgan fingerprint density at radius 2 is 1.71 bits per heavy atom. The van der Waals surface area contributed by atoms with Gasteiger partial charge < -0.3 is 24.8 Å². The summed E-state index contributed by atoms with van der Waals surface area (Å²) in [6.07, 6.45) is -0.408. The van der Waals surface area contributed by atoms with Crippen molar-refractivity contribution in [2.45, 2.75) is 38.3 Å². The molecule has 8 heteroatoms. The highest BCUT2D eigenvalue weighted by atomic mass is 16.5. The molecule has 0 spiro atoms. The zero-order valence-electron chi connectivity index (χ0n) is 19.9. The summed E-state index contributed by atoms with van der Waals surface area (Å²) in [4.78, 5) is 38.3. The number of ether oxygens (including phenoxy) is 2. The summed E-state index contributed by atoms with van der Waals surface area (Å²) in [6, 6.07) is 15.5. The van der Waals surface area contributed by atoms with Crippen molar-refractivity contribution in [3.63, 3.8) is 0 Å². The van der Waals surface area contributed by atoms with Crippen LogP contribution >= 0.6 is 0 Å². The SMILES string of the molecule is CC1(C)CN(C(=O)C2COC(CNC(=O)OCC3c4ccccc4-c4ccccc43)C2)C1C(=O)O. The third kappa shape index (κ3) is 4.27. The van der Waals surface area contributed by atoms with Crippen LogP contribution in [0.3, 0.4) is 0 Å². The van der Waals surface area contributed by atoms with E-state index < -0.39 is 29.4 Å². The van der Waals surface area contributed by atoms with Gasteiger partial charge in [-0.05, 0) is 28.7 Å². The molecule has 2 amide bonds. The molecule has 3 atom stereocenters. The van der Waals surface area contributed by atoms with Gasteiger partial charge in [-0.15, -0.1) is 0 Å². The van der Waals surface area contributed by atoms with Crippen LogP contribution in [-0.2, 0) is 19.1 Å². The van der Waals surface area contributed by atoms with Crippen molar-refractivity contribution >= 4 is 18.0 Å². The van der Waals surface area contributed by atoms with Crippen LogP contribution in [0.25, 0.3) is 11.1 Å². The molecule has 0 saturated carbocycles. The number of rotatable bonds is 6. The highest BCUT2D eigenvalue weighted by Gasteiger charge is 2.54. The van der Waals surface area contributed by atoms with E-state index in [0.29, 0.717) is 13.0 Å². The maximum Gasteiger partial charge on any atom is 0.407 e. The van der Waals surface area contributed by atoms with Crippen molar-refractivity contribution in [2.75, 3.05) is 26.3 Å². The molecule has 2 saturated heterocycles. The average Bonchev–Trinajstić information content (AvgIpc) is 3.42. The number of aliphatic carboxylic acids is 1. The Bertz CT molecular complexity index is 1120. The molecule has 5 rings (SSSR count). The predicted molar refractivity (Wildman–Crippen MR) is 128 cm³/mol. The lowest BCUT2D eigenvalue weighted by Crippen LogP contribution is -2.68. The van der Waals surface area contributed by atoms with E-state index in [9.17, 15) is 19.5 Å². The lowest BCUT2D eigenvalue weighted by atomic mass is 9.74. The fraction of sp³-hybridized carbons (Fsp3) is 0.444. The standard InChI is InChI=1S/C27H30N2O6/c1-27(2)15-29(23(27)25(31)32)24(30)16-11-17(34-13-16)12-28-26(33)35-14-22-20-9-5-3-7-18(20)19-8-4-6-10-21(19)22/h3-10,16-17,22-23H,11-15H2,1-2H3,(H,28,33)(H,31,32). The molecule has 2 aromatic rings. The van der Waals surface area contributed by atoms with Gasteiger partial charge >= 0.3 is 12.1 Å². The van der Waals surface area contributed by atoms with Crippen LogP contribution in [0.15, 0.2) is 48.5 Å². The van der Waals surface area contributed by atoms with Gasteiger partial charge in [-0.25, -0.2) is 9.59 Å². The molecule has 184 valence electrons. The zero-order valence-corrected chi connectivity index (χ0v) is 19.9. The fourth-order valence-electron chi connectivity index (χ4n) is 5.70. The second-order valence-corrected chi connectivity index (χ2v) is 10.3. The highest BCUT2D eigenvalue weighted by molar-refractivity contribution is 5.88. The van der Waals surface area contributed by atoms with E-state index >= 15 is 0 Å². The van der Waals surface area contributed by atoms with Crippen molar-refractivity contribution in [3.05, 3.63) is 59.7 Å². The molecule has 2 aliphatic heterocycles. The Morgan fingerprint density at radius 3 is 2.31 bits per heavy atom. The van der Waals surface area contributed by atoms with Crippen LogP contribution in [0, 0.1) is 11.3 Å². The summed E-state index contributed by atoms with van der Waals surface area (Å²) in [5.41, 5.74) is 4.20. The first-order valence-corrected chi connectivity index (χ1v) is 12.0. The number of alkyl carbamates (subject to hydrolysis) is 1. The van der Waals surface area contributed by atoms with Crippen LogP contribution in [0.2, 0.25) is 0 Å². The smallest absolute Gasteiger partial charge is 0.407 e. The number of hydrogen-bond donors (Lipinski definition) is 2. The Labute approximate surface area is 204 Å². The minimum atomic E-state index is -0.984. The van der Waals surface area contributed by atoms with Gasteiger partial charge in [0.25, 0.3) is 0 Å². The van der Waals surface area contributed by atoms with Gasteiger partial charge in [0.1, 0.15) is 12.6 Å². The molecule has 2 fully saturated rings. The molecule has 3 aliphatic rings. The van der Waals surface area contributed by atoms with E-state index in [1.54, 1.807) is 0 Å². The van der Waals surface area contributed by atoms with Gasteiger partial charge in [-0.2, -0.15) is 0 Å². The number of carbonyl (C=O) groups excluding carboxylic acids is 2. The molecule has 0 aromatic heterocycles.